The van der Waals surface area contributed by atoms with Gasteiger partial charge in [-0.25, -0.2) is 4.79 Å². The fourth-order valence-electron chi connectivity index (χ4n) is 2.95. The number of carbonyl (C=O) groups is 2. The Hall–Kier alpha value is -2.64. The van der Waals surface area contributed by atoms with E-state index in [-0.39, 0.29) is 23.3 Å². The van der Waals surface area contributed by atoms with E-state index in [1.165, 1.54) is 13.8 Å². The molecule has 1 saturated heterocycles. The van der Waals surface area contributed by atoms with Crippen molar-refractivity contribution in [1.82, 2.24) is 4.90 Å². The number of aliphatic hydroxyl groups is 1. The molecular formula is C14H13N3O4. The van der Waals surface area contributed by atoms with Gasteiger partial charge < -0.3 is 15.1 Å². The lowest BCUT2D eigenvalue weighted by atomic mass is 9.82. The van der Waals surface area contributed by atoms with E-state index >= 15 is 0 Å². The lowest BCUT2D eigenvalue weighted by Crippen LogP contribution is -2.61. The summed E-state index contributed by atoms with van der Waals surface area (Å²) in [6, 6.07) is 3.02. The van der Waals surface area contributed by atoms with Crippen LogP contribution in [-0.4, -0.2) is 39.1 Å². The highest BCUT2D eigenvalue weighted by molar-refractivity contribution is 6.00. The van der Waals surface area contributed by atoms with E-state index in [9.17, 15) is 19.8 Å². The summed E-state index contributed by atoms with van der Waals surface area (Å²) >= 11 is 0. The van der Waals surface area contributed by atoms with Crippen molar-refractivity contribution in [2.75, 3.05) is 0 Å². The third-order valence-corrected chi connectivity index (χ3v) is 3.98. The molecule has 108 valence electrons. The first-order valence-corrected chi connectivity index (χ1v) is 6.34. The van der Waals surface area contributed by atoms with Crippen molar-refractivity contribution in [2.45, 2.75) is 32.4 Å². The average molecular weight is 287 g/mol. The van der Waals surface area contributed by atoms with Crippen molar-refractivity contribution in [1.29, 1.82) is 10.5 Å². The summed E-state index contributed by atoms with van der Waals surface area (Å²) in [4.78, 5) is 24.6. The fourth-order valence-corrected chi connectivity index (χ4v) is 2.95. The van der Waals surface area contributed by atoms with E-state index in [1.807, 2.05) is 0 Å². The van der Waals surface area contributed by atoms with Crippen LogP contribution in [0.15, 0.2) is 22.4 Å². The Kier molecular flexibility index (Phi) is 3.54. The summed E-state index contributed by atoms with van der Waals surface area (Å²) in [5.74, 6) is -2.36. The highest BCUT2D eigenvalue weighted by Crippen LogP contribution is 2.45. The van der Waals surface area contributed by atoms with Crippen molar-refractivity contribution < 1.29 is 19.8 Å². The standard InChI is InChI=1S/C14H13N3O4/c1-6(8(4-15)5-16)9-3-10-11(7(2)18)13(19)17(10)12(9)14(20)21/h7,10-11,18H,3H2,1-2H3,(H,20,21)/t7-,10-,11-/m1/s1. The fraction of sp³-hybridized carbons (Fsp3) is 0.429. The van der Waals surface area contributed by atoms with Gasteiger partial charge in [0, 0.05) is 0 Å². The number of rotatable bonds is 3. The Morgan fingerprint density at radius 3 is 2.43 bits per heavy atom. The summed E-state index contributed by atoms with van der Waals surface area (Å²) in [6.07, 6.45) is -0.648. The molecule has 1 fully saturated rings. The summed E-state index contributed by atoms with van der Waals surface area (Å²) in [7, 11) is 0. The number of hydrogen-bond acceptors (Lipinski definition) is 5. The third kappa shape index (κ3) is 1.99. The van der Waals surface area contributed by atoms with Crippen LogP contribution in [-0.2, 0) is 9.59 Å². The van der Waals surface area contributed by atoms with Gasteiger partial charge in [-0.15, -0.1) is 0 Å². The van der Waals surface area contributed by atoms with Gasteiger partial charge in [0.25, 0.3) is 0 Å². The second kappa shape index (κ2) is 5.04. The second-order valence-corrected chi connectivity index (χ2v) is 5.10. The molecule has 0 spiro atoms. The Labute approximate surface area is 121 Å². The van der Waals surface area contributed by atoms with Crippen molar-refractivity contribution >= 4 is 11.9 Å². The molecule has 2 N–H and O–H groups in total. The van der Waals surface area contributed by atoms with E-state index in [1.54, 1.807) is 12.1 Å². The lowest BCUT2D eigenvalue weighted by molar-refractivity contribution is -0.161. The molecule has 2 aliphatic rings. The number of carboxylic acid groups (broad SMARTS) is 1. The average Bonchev–Trinajstić information content (AvgIpc) is 2.74. The molecular weight excluding hydrogens is 274 g/mol. The monoisotopic (exact) mass is 287 g/mol. The molecule has 7 nitrogen and oxygen atoms in total. The first-order valence-electron chi connectivity index (χ1n) is 6.34. The van der Waals surface area contributed by atoms with Gasteiger partial charge in [-0.1, -0.05) is 0 Å². The second-order valence-electron chi connectivity index (χ2n) is 5.10. The van der Waals surface area contributed by atoms with Gasteiger partial charge in [-0.3, -0.25) is 4.79 Å². The van der Waals surface area contributed by atoms with Crippen molar-refractivity contribution in [3.05, 3.63) is 22.4 Å². The van der Waals surface area contributed by atoms with Gasteiger partial charge in [-0.2, -0.15) is 10.5 Å². The molecule has 2 rings (SSSR count). The summed E-state index contributed by atoms with van der Waals surface area (Å²) < 4.78 is 0. The highest BCUT2D eigenvalue weighted by atomic mass is 16.4. The molecule has 21 heavy (non-hydrogen) atoms. The van der Waals surface area contributed by atoms with Gasteiger partial charge in [0.2, 0.25) is 5.91 Å². The minimum Gasteiger partial charge on any atom is -0.477 e. The predicted octanol–water partition coefficient (Wildman–Crippen LogP) is 0.300. The van der Waals surface area contributed by atoms with E-state index in [4.69, 9.17) is 10.5 Å². The van der Waals surface area contributed by atoms with Gasteiger partial charge in [-0.05, 0) is 31.4 Å². The first kappa shape index (κ1) is 14.8. The molecule has 0 unspecified atom stereocenters. The summed E-state index contributed by atoms with van der Waals surface area (Å²) in [6.45, 7) is 2.98. The number of nitrogens with zero attached hydrogens (tertiary/aromatic N) is 3. The molecule has 3 atom stereocenters. The Morgan fingerprint density at radius 1 is 1.43 bits per heavy atom. The maximum absolute atomic E-state index is 12.0. The topological polar surface area (TPSA) is 125 Å². The molecule has 0 saturated carbocycles. The number of carbonyl (C=O) groups excluding carboxylic acids is 1. The Bertz CT molecular complexity index is 659. The molecule has 0 aromatic carbocycles. The maximum Gasteiger partial charge on any atom is 0.352 e. The van der Waals surface area contributed by atoms with Crippen molar-refractivity contribution in [3.8, 4) is 12.1 Å². The Morgan fingerprint density at radius 2 is 2.00 bits per heavy atom. The molecule has 0 aliphatic carbocycles. The number of aliphatic hydroxyl groups excluding tert-OH is 1. The van der Waals surface area contributed by atoms with E-state index < -0.39 is 29.9 Å². The number of β-lactam (4-membered cyclic amide) rings is 1. The number of nitriles is 2. The van der Waals surface area contributed by atoms with Gasteiger partial charge in [0.15, 0.2) is 0 Å². The van der Waals surface area contributed by atoms with Crippen LogP contribution < -0.4 is 0 Å². The zero-order valence-corrected chi connectivity index (χ0v) is 11.5. The van der Waals surface area contributed by atoms with Crippen LogP contribution in [0.3, 0.4) is 0 Å². The van der Waals surface area contributed by atoms with E-state index in [0.717, 1.165) is 4.90 Å². The largest absolute Gasteiger partial charge is 0.477 e. The summed E-state index contributed by atoms with van der Waals surface area (Å²) in [5.41, 5.74) is 0.209. The molecule has 0 radical (unpaired) electrons. The van der Waals surface area contributed by atoms with E-state index in [0.29, 0.717) is 5.57 Å². The molecule has 2 aliphatic heterocycles. The summed E-state index contributed by atoms with van der Waals surface area (Å²) in [5, 5.41) is 36.7. The normalized spacial score (nSPS) is 24.6. The zero-order chi connectivity index (χ0) is 15.9. The SMILES string of the molecule is CC(=C(C#N)C#N)C1=C(C(=O)O)N2C(=O)[C@H]([C@@H](C)O)[C@H]2C1. The number of fused-ring (bicyclic) bond motifs is 1. The van der Waals surface area contributed by atoms with Crippen LogP contribution in [0, 0.1) is 28.6 Å². The maximum atomic E-state index is 12.0. The minimum absolute atomic E-state index is 0.174. The molecule has 2 heterocycles. The minimum atomic E-state index is -1.28. The first-order chi connectivity index (χ1) is 9.84. The molecule has 7 heteroatoms. The molecule has 0 aromatic rings. The lowest BCUT2D eigenvalue weighted by Gasteiger charge is -2.44. The smallest absolute Gasteiger partial charge is 0.352 e. The van der Waals surface area contributed by atoms with Gasteiger partial charge >= 0.3 is 5.97 Å². The number of amides is 1. The predicted molar refractivity (Wildman–Crippen MR) is 69.0 cm³/mol. The molecule has 0 bridgehead atoms. The van der Waals surface area contributed by atoms with Crippen molar-refractivity contribution in [2.24, 2.45) is 5.92 Å². The Balaban J connectivity index is 2.51. The third-order valence-electron chi connectivity index (χ3n) is 3.98. The van der Waals surface area contributed by atoms with Crippen molar-refractivity contribution in [3.63, 3.8) is 0 Å². The highest BCUT2D eigenvalue weighted by Gasteiger charge is 2.56. The van der Waals surface area contributed by atoms with Crippen LogP contribution in [0.5, 0.6) is 0 Å². The van der Waals surface area contributed by atoms with Crippen LogP contribution in [0.25, 0.3) is 0 Å². The number of hydrogen-bond donors (Lipinski definition) is 2. The number of allylic oxidation sites excluding steroid dienone is 2. The van der Waals surface area contributed by atoms with E-state index in [2.05, 4.69) is 0 Å². The van der Waals surface area contributed by atoms with Crippen LogP contribution >= 0.6 is 0 Å². The van der Waals surface area contributed by atoms with Gasteiger partial charge in [0.05, 0.1) is 18.1 Å². The number of aliphatic carboxylic acids is 1. The molecule has 0 aromatic heterocycles. The van der Waals surface area contributed by atoms with Crippen LogP contribution in [0.4, 0.5) is 0 Å². The zero-order valence-electron chi connectivity index (χ0n) is 11.5. The quantitative estimate of drug-likeness (QED) is 0.568. The van der Waals surface area contributed by atoms with Crippen LogP contribution in [0.1, 0.15) is 20.3 Å². The van der Waals surface area contributed by atoms with Gasteiger partial charge in [0.1, 0.15) is 23.4 Å². The number of carboxylic acids is 1. The van der Waals surface area contributed by atoms with Crippen LogP contribution in [0.2, 0.25) is 0 Å². The molecule has 1 amide bonds.